The lowest BCUT2D eigenvalue weighted by Crippen LogP contribution is -2.40. The van der Waals surface area contributed by atoms with Crippen LogP contribution in [0.1, 0.15) is 18.0 Å². The Hall–Kier alpha value is -1.72. The van der Waals surface area contributed by atoms with Crippen LogP contribution in [-0.4, -0.2) is 18.7 Å². The highest BCUT2D eigenvalue weighted by Gasteiger charge is 2.40. The van der Waals surface area contributed by atoms with Crippen molar-refractivity contribution in [1.82, 2.24) is 5.32 Å². The Morgan fingerprint density at radius 1 is 1.35 bits per heavy atom. The van der Waals surface area contributed by atoms with Crippen molar-refractivity contribution in [3.8, 4) is 5.75 Å². The van der Waals surface area contributed by atoms with Crippen molar-refractivity contribution < 1.29 is 22.7 Å². The highest BCUT2D eigenvalue weighted by molar-refractivity contribution is 5.82. The van der Waals surface area contributed by atoms with E-state index in [1.807, 2.05) is 5.32 Å². The minimum absolute atomic E-state index is 0.291. The van der Waals surface area contributed by atoms with E-state index in [1.54, 1.807) is 24.3 Å². The van der Waals surface area contributed by atoms with Gasteiger partial charge in [0, 0.05) is 12.0 Å². The highest BCUT2D eigenvalue weighted by atomic mass is 19.4. The van der Waals surface area contributed by atoms with Crippen LogP contribution in [0.2, 0.25) is 0 Å². The minimum Gasteiger partial charge on any atom is -0.493 e. The molecule has 1 amide bonds. The molecule has 3 nitrogen and oxygen atoms in total. The molecule has 0 fully saturated rings. The van der Waals surface area contributed by atoms with Gasteiger partial charge in [0.2, 0.25) is 0 Å². The molecule has 0 radical (unpaired) electrons. The monoisotopic (exact) mass is 245 g/mol. The van der Waals surface area contributed by atoms with Crippen LogP contribution in [0, 0.1) is 0 Å². The molecule has 0 saturated heterocycles. The summed E-state index contributed by atoms with van der Waals surface area (Å²) < 4.78 is 41.7. The average Bonchev–Trinajstić information content (AvgIpc) is 2.28. The first-order valence-electron chi connectivity index (χ1n) is 5.08. The quantitative estimate of drug-likeness (QED) is 0.823. The summed E-state index contributed by atoms with van der Waals surface area (Å²) in [5.74, 6) is -1.40. The number of hydrogen-bond donors (Lipinski definition) is 1. The molecule has 1 N–H and O–H groups in total. The van der Waals surface area contributed by atoms with Gasteiger partial charge < -0.3 is 10.1 Å². The van der Waals surface area contributed by atoms with Gasteiger partial charge >= 0.3 is 12.1 Å². The van der Waals surface area contributed by atoms with Gasteiger partial charge in [-0.25, -0.2) is 0 Å². The fourth-order valence-electron chi connectivity index (χ4n) is 1.73. The Labute approximate surface area is 95.6 Å². The zero-order chi connectivity index (χ0) is 12.5. The number of alkyl halides is 3. The van der Waals surface area contributed by atoms with Gasteiger partial charge in [-0.2, -0.15) is 13.2 Å². The molecule has 0 saturated carbocycles. The van der Waals surface area contributed by atoms with E-state index in [2.05, 4.69) is 0 Å². The molecular weight excluding hydrogens is 235 g/mol. The van der Waals surface area contributed by atoms with Gasteiger partial charge in [-0.15, -0.1) is 0 Å². The summed E-state index contributed by atoms with van der Waals surface area (Å²) in [5, 5.41) is 1.97. The van der Waals surface area contributed by atoms with E-state index in [-0.39, 0.29) is 0 Å². The van der Waals surface area contributed by atoms with Crippen LogP contribution in [0.3, 0.4) is 0 Å². The third-order valence-corrected chi connectivity index (χ3v) is 2.52. The zero-order valence-electron chi connectivity index (χ0n) is 8.75. The molecule has 1 heterocycles. The lowest BCUT2D eigenvalue weighted by Gasteiger charge is -2.26. The number of fused-ring (bicyclic) bond motifs is 1. The van der Waals surface area contributed by atoms with Crippen LogP contribution in [0.5, 0.6) is 5.75 Å². The topological polar surface area (TPSA) is 38.3 Å². The van der Waals surface area contributed by atoms with E-state index in [9.17, 15) is 18.0 Å². The molecular formula is C11H10F3NO2. The minimum atomic E-state index is -4.85. The molecule has 0 bridgehead atoms. The lowest BCUT2D eigenvalue weighted by atomic mass is 10.0. The molecule has 1 atom stereocenters. The predicted molar refractivity (Wildman–Crippen MR) is 53.5 cm³/mol. The first-order chi connectivity index (χ1) is 7.98. The fourth-order valence-corrected chi connectivity index (χ4v) is 1.73. The van der Waals surface area contributed by atoms with Gasteiger partial charge in [-0.3, -0.25) is 4.79 Å². The molecule has 1 aliphatic heterocycles. The standard InChI is InChI=1S/C11H10F3NO2/c12-11(13,14)10(16)15-8-5-6-17-9-4-2-1-3-7(8)9/h1-4,8H,5-6H2,(H,15,16). The van der Waals surface area contributed by atoms with Crippen LogP contribution in [-0.2, 0) is 4.79 Å². The molecule has 1 unspecified atom stereocenters. The molecule has 1 aromatic carbocycles. The largest absolute Gasteiger partial charge is 0.493 e. The van der Waals surface area contributed by atoms with Gasteiger partial charge in [0.25, 0.3) is 0 Å². The van der Waals surface area contributed by atoms with Crippen LogP contribution < -0.4 is 10.1 Å². The van der Waals surface area contributed by atoms with Gasteiger partial charge in [-0.1, -0.05) is 18.2 Å². The third kappa shape index (κ3) is 2.51. The maximum absolute atomic E-state index is 12.1. The molecule has 2 rings (SSSR count). The summed E-state index contributed by atoms with van der Waals surface area (Å²) in [6.07, 6.45) is -4.52. The van der Waals surface area contributed by atoms with Gasteiger partial charge in [0.1, 0.15) is 5.75 Å². The number of carbonyl (C=O) groups is 1. The van der Waals surface area contributed by atoms with Crippen molar-refractivity contribution in [3.63, 3.8) is 0 Å². The predicted octanol–water partition coefficient (Wildman–Crippen LogP) is 2.19. The van der Waals surface area contributed by atoms with Gasteiger partial charge in [-0.05, 0) is 6.07 Å². The summed E-state index contributed by atoms with van der Waals surface area (Å²) in [5.41, 5.74) is 0.580. The van der Waals surface area contributed by atoms with E-state index in [0.717, 1.165) is 0 Å². The summed E-state index contributed by atoms with van der Waals surface area (Å²) in [4.78, 5) is 10.9. The summed E-state index contributed by atoms with van der Waals surface area (Å²) >= 11 is 0. The van der Waals surface area contributed by atoms with Crippen LogP contribution in [0.25, 0.3) is 0 Å². The molecule has 0 aromatic heterocycles. The number of rotatable bonds is 1. The molecule has 1 aromatic rings. The van der Waals surface area contributed by atoms with Crippen LogP contribution in [0.15, 0.2) is 24.3 Å². The molecule has 1 aliphatic rings. The Kier molecular flexibility index (Phi) is 2.95. The van der Waals surface area contributed by atoms with Gasteiger partial charge in [0.05, 0.1) is 12.6 Å². The number of halogens is 3. The van der Waals surface area contributed by atoms with E-state index < -0.39 is 18.1 Å². The fraction of sp³-hybridized carbons (Fsp3) is 0.364. The van der Waals surface area contributed by atoms with Crippen molar-refractivity contribution in [1.29, 1.82) is 0 Å². The van der Waals surface area contributed by atoms with Crippen LogP contribution in [0.4, 0.5) is 13.2 Å². The van der Waals surface area contributed by atoms with Crippen molar-refractivity contribution in [2.75, 3.05) is 6.61 Å². The third-order valence-electron chi connectivity index (χ3n) is 2.52. The zero-order valence-corrected chi connectivity index (χ0v) is 8.75. The van der Waals surface area contributed by atoms with E-state index in [0.29, 0.717) is 24.3 Å². The summed E-state index contributed by atoms with van der Waals surface area (Å²) in [6, 6.07) is 6.10. The van der Waals surface area contributed by atoms with E-state index in [1.165, 1.54) is 0 Å². The number of ether oxygens (including phenoxy) is 1. The summed E-state index contributed by atoms with van der Waals surface area (Å²) in [7, 11) is 0. The average molecular weight is 245 g/mol. The highest BCUT2D eigenvalue weighted by Crippen LogP contribution is 2.32. The van der Waals surface area contributed by atoms with E-state index >= 15 is 0 Å². The lowest BCUT2D eigenvalue weighted by molar-refractivity contribution is -0.174. The molecule has 6 heteroatoms. The van der Waals surface area contributed by atoms with Crippen molar-refractivity contribution in [2.45, 2.75) is 18.6 Å². The molecule has 0 spiro atoms. The smallest absolute Gasteiger partial charge is 0.471 e. The maximum Gasteiger partial charge on any atom is 0.471 e. The molecule has 17 heavy (non-hydrogen) atoms. The number of para-hydroxylation sites is 1. The second kappa shape index (κ2) is 4.27. The normalized spacial score (nSPS) is 19.1. The number of carbonyl (C=O) groups excluding carboxylic acids is 1. The van der Waals surface area contributed by atoms with Gasteiger partial charge in [0.15, 0.2) is 0 Å². The SMILES string of the molecule is O=C(NC1CCOc2ccccc21)C(F)(F)F. The van der Waals surface area contributed by atoms with Crippen molar-refractivity contribution in [2.24, 2.45) is 0 Å². The molecule has 92 valence electrons. The maximum atomic E-state index is 12.1. The Bertz CT molecular complexity index is 431. The number of amides is 1. The van der Waals surface area contributed by atoms with Crippen molar-refractivity contribution >= 4 is 5.91 Å². The number of benzene rings is 1. The van der Waals surface area contributed by atoms with Crippen LogP contribution >= 0.6 is 0 Å². The van der Waals surface area contributed by atoms with Crippen molar-refractivity contribution in [3.05, 3.63) is 29.8 Å². The number of nitrogens with one attached hydrogen (secondary N) is 1. The first-order valence-corrected chi connectivity index (χ1v) is 5.08. The second-order valence-corrected chi connectivity index (χ2v) is 3.70. The Morgan fingerprint density at radius 3 is 2.76 bits per heavy atom. The molecule has 0 aliphatic carbocycles. The Balaban J connectivity index is 2.17. The summed E-state index contributed by atoms with van der Waals surface area (Å²) in [6.45, 7) is 0.291. The first kappa shape index (κ1) is 11.8. The Morgan fingerprint density at radius 2 is 2.06 bits per heavy atom. The van der Waals surface area contributed by atoms with E-state index in [4.69, 9.17) is 4.74 Å². The number of hydrogen-bond acceptors (Lipinski definition) is 2. The second-order valence-electron chi connectivity index (χ2n) is 3.70.